The molecule has 2 heterocycles. The van der Waals surface area contributed by atoms with Crippen molar-refractivity contribution in [2.45, 2.75) is 6.54 Å². The average Bonchev–Trinajstić information content (AvgIpc) is 3.16. The first-order valence-corrected chi connectivity index (χ1v) is 8.54. The van der Waals surface area contributed by atoms with Gasteiger partial charge in [0, 0.05) is 30.1 Å². The first-order valence-electron chi connectivity index (χ1n) is 8.16. The predicted molar refractivity (Wildman–Crippen MR) is 98.2 cm³/mol. The molecule has 4 rings (SSSR count). The molecule has 0 atom stereocenters. The molecule has 1 aromatic heterocycles. The van der Waals surface area contributed by atoms with E-state index in [9.17, 15) is 4.79 Å². The van der Waals surface area contributed by atoms with Crippen LogP contribution in [0.25, 0.3) is 0 Å². The van der Waals surface area contributed by atoms with E-state index in [2.05, 4.69) is 10.4 Å². The molecule has 0 saturated carbocycles. The second kappa shape index (κ2) is 7.09. The molecule has 2 aromatic carbocycles. The maximum Gasteiger partial charge on any atom is 0.255 e. The van der Waals surface area contributed by atoms with Gasteiger partial charge in [0.1, 0.15) is 13.2 Å². The molecule has 26 heavy (non-hydrogen) atoms. The summed E-state index contributed by atoms with van der Waals surface area (Å²) in [6.45, 7) is 1.61. The fourth-order valence-electron chi connectivity index (χ4n) is 2.70. The molecule has 0 radical (unpaired) electrons. The number of amides is 1. The summed E-state index contributed by atoms with van der Waals surface area (Å²) in [6.07, 6.45) is 3.63. The Bertz CT molecular complexity index is 924. The van der Waals surface area contributed by atoms with Crippen molar-refractivity contribution in [3.63, 3.8) is 0 Å². The highest BCUT2D eigenvalue weighted by molar-refractivity contribution is 6.34. The van der Waals surface area contributed by atoms with Crippen molar-refractivity contribution in [2.75, 3.05) is 18.5 Å². The van der Waals surface area contributed by atoms with Crippen LogP contribution in [0, 0.1) is 0 Å². The van der Waals surface area contributed by atoms with E-state index < -0.39 is 0 Å². The number of ether oxygens (including phenoxy) is 2. The minimum Gasteiger partial charge on any atom is -0.486 e. The van der Waals surface area contributed by atoms with Crippen LogP contribution in [0.2, 0.25) is 5.02 Å². The third kappa shape index (κ3) is 3.50. The average molecular weight is 370 g/mol. The number of nitrogens with one attached hydrogen (secondary N) is 1. The molecule has 1 amide bonds. The molecule has 0 aliphatic carbocycles. The monoisotopic (exact) mass is 369 g/mol. The lowest BCUT2D eigenvalue weighted by Crippen LogP contribution is -2.17. The summed E-state index contributed by atoms with van der Waals surface area (Å²) in [4.78, 5) is 12.5. The van der Waals surface area contributed by atoms with E-state index in [0.717, 1.165) is 5.56 Å². The van der Waals surface area contributed by atoms with Crippen molar-refractivity contribution < 1.29 is 14.3 Å². The Morgan fingerprint density at radius 1 is 1.15 bits per heavy atom. The predicted octanol–water partition coefficient (Wildman–Crippen LogP) is 3.61. The van der Waals surface area contributed by atoms with E-state index in [-0.39, 0.29) is 5.91 Å². The van der Waals surface area contributed by atoms with Gasteiger partial charge in [-0.25, -0.2) is 0 Å². The maximum atomic E-state index is 12.5. The Morgan fingerprint density at radius 2 is 1.88 bits per heavy atom. The number of nitrogens with zero attached hydrogens (tertiary/aromatic N) is 2. The molecule has 0 unspecified atom stereocenters. The third-order valence-corrected chi connectivity index (χ3v) is 4.31. The lowest BCUT2D eigenvalue weighted by atomic mass is 10.1. The summed E-state index contributed by atoms with van der Waals surface area (Å²) in [5.41, 5.74) is 2.09. The number of rotatable bonds is 4. The van der Waals surface area contributed by atoms with Gasteiger partial charge in [-0.2, -0.15) is 5.10 Å². The molecule has 0 saturated heterocycles. The van der Waals surface area contributed by atoms with E-state index in [1.807, 2.05) is 29.1 Å². The van der Waals surface area contributed by atoms with Crippen LogP contribution >= 0.6 is 11.6 Å². The molecular formula is C19H16ClN3O3. The molecule has 132 valence electrons. The summed E-state index contributed by atoms with van der Waals surface area (Å²) in [7, 11) is 0. The Morgan fingerprint density at radius 3 is 2.58 bits per heavy atom. The Hall–Kier alpha value is -2.99. The highest BCUT2D eigenvalue weighted by atomic mass is 35.5. The lowest BCUT2D eigenvalue weighted by Gasteiger charge is -2.20. The van der Waals surface area contributed by atoms with Crippen LogP contribution in [0.1, 0.15) is 15.9 Å². The van der Waals surface area contributed by atoms with Gasteiger partial charge in [-0.15, -0.1) is 0 Å². The lowest BCUT2D eigenvalue weighted by molar-refractivity contribution is 0.102. The SMILES string of the molecule is O=C(Nc1cc2c(cc1Cl)OCCO2)c1ccc(Cn2cccn2)cc1. The number of fused-ring (bicyclic) bond motifs is 1. The van der Waals surface area contributed by atoms with E-state index in [1.54, 1.807) is 30.5 Å². The van der Waals surface area contributed by atoms with Gasteiger partial charge in [-0.3, -0.25) is 9.48 Å². The fraction of sp³-hybridized carbons (Fsp3) is 0.158. The van der Waals surface area contributed by atoms with Crippen molar-refractivity contribution in [3.8, 4) is 11.5 Å². The van der Waals surface area contributed by atoms with Crippen molar-refractivity contribution >= 4 is 23.2 Å². The Kier molecular flexibility index (Phi) is 4.50. The molecule has 0 bridgehead atoms. The smallest absolute Gasteiger partial charge is 0.255 e. The summed E-state index contributed by atoms with van der Waals surface area (Å²) in [5.74, 6) is 0.918. The van der Waals surface area contributed by atoms with Gasteiger partial charge in [0.05, 0.1) is 17.3 Å². The molecule has 7 heteroatoms. The molecule has 3 aromatic rings. The number of anilines is 1. The zero-order chi connectivity index (χ0) is 17.9. The molecule has 6 nitrogen and oxygen atoms in total. The van der Waals surface area contributed by atoms with Gasteiger partial charge in [0.25, 0.3) is 5.91 Å². The van der Waals surface area contributed by atoms with Crippen molar-refractivity contribution in [1.29, 1.82) is 0 Å². The first-order chi connectivity index (χ1) is 12.7. The molecule has 1 aliphatic heterocycles. The van der Waals surface area contributed by atoms with Crippen molar-refractivity contribution in [2.24, 2.45) is 0 Å². The summed E-state index contributed by atoms with van der Waals surface area (Å²) in [5, 5.41) is 7.39. The van der Waals surface area contributed by atoms with E-state index in [1.165, 1.54) is 0 Å². The Balaban J connectivity index is 1.48. The fourth-order valence-corrected chi connectivity index (χ4v) is 2.90. The van der Waals surface area contributed by atoms with E-state index in [0.29, 0.717) is 47.5 Å². The highest BCUT2D eigenvalue weighted by Gasteiger charge is 2.17. The van der Waals surface area contributed by atoms with Gasteiger partial charge in [-0.05, 0) is 23.8 Å². The van der Waals surface area contributed by atoms with Crippen molar-refractivity contribution in [1.82, 2.24) is 9.78 Å². The van der Waals surface area contributed by atoms with Gasteiger partial charge < -0.3 is 14.8 Å². The highest BCUT2D eigenvalue weighted by Crippen LogP contribution is 2.38. The third-order valence-electron chi connectivity index (χ3n) is 4.00. The van der Waals surface area contributed by atoms with Gasteiger partial charge in [-0.1, -0.05) is 23.7 Å². The first kappa shape index (κ1) is 16.5. The van der Waals surface area contributed by atoms with Gasteiger partial charge >= 0.3 is 0 Å². The van der Waals surface area contributed by atoms with Gasteiger partial charge in [0.15, 0.2) is 11.5 Å². The molecule has 0 spiro atoms. The van der Waals surface area contributed by atoms with Crippen LogP contribution < -0.4 is 14.8 Å². The number of aromatic nitrogens is 2. The largest absolute Gasteiger partial charge is 0.486 e. The van der Waals surface area contributed by atoms with E-state index in [4.69, 9.17) is 21.1 Å². The number of benzene rings is 2. The van der Waals surface area contributed by atoms with Crippen LogP contribution in [0.15, 0.2) is 54.9 Å². The number of carbonyl (C=O) groups is 1. The van der Waals surface area contributed by atoms with Crippen LogP contribution in [-0.2, 0) is 6.54 Å². The summed E-state index contributed by atoms with van der Waals surface area (Å²) >= 11 is 6.24. The second-order valence-electron chi connectivity index (χ2n) is 5.83. The standard InChI is InChI=1S/C19H16ClN3O3/c20-15-10-17-18(26-9-8-25-17)11-16(15)22-19(24)14-4-2-13(3-5-14)12-23-7-1-6-21-23/h1-7,10-11H,8-9,12H2,(H,22,24). The number of hydrogen-bond acceptors (Lipinski definition) is 4. The van der Waals surface area contributed by atoms with Gasteiger partial charge in [0.2, 0.25) is 0 Å². The normalized spacial score (nSPS) is 12.7. The van der Waals surface area contributed by atoms with Crippen molar-refractivity contribution in [3.05, 3.63) is 71.0 Å². The van der Waals surface area contributed by atoms with E-state index >= 15 is 0 Å². The number of carbonyl (C=O) groups excluding carboxylic acids is 1. The quantitative estimate of drug-likeness (QED) is 0.763. The molecular weight excluding hydrogens is 354 g/mol. The molecule has 0 fully saturated rings. The van der Waals surface area contributed by atoms with Crippen LogP contribution in [0.4, 0.5) is 5.69 Å². The number of halogens is 1. The molecule has 1 N–H and O–H groups in total. The maximum absolute atomic E-state index is 12.5. The van der Waals surface area contributed by atoms with Crippen LogP contribution in [0.3, 0.4) is 0 Å². The Labute approximate surface area is 155 Å². The minimum absolute atomic E-state index is 0.241. The summed E-state index contributed by atoms with van der Waals surface area (Å²) < 4.78 is 12.8. The van der Waals surface area contributed by atoms with Crippen LogP contribution in [0.5, 0.6) is 11.5 Å². The topological polar surface area (TPSA) is 65.4 Å². The minimum atomic E-state index is -0.241. The number of hydrogen-bond donors (Lipinski definition) is 1. The van der Waals surface area contributed by atoms with Crippen LogP contribution in [-0.4, -0.2) is 28.9 Å². The summed E-state index contributed by atoms with van der Waals surface area (Å²) in [6, 6.07) is 12.6. The zero-order valence-electron chi connectivity index (χ0n) is 13.8. The second-order valence-corrected chi connectivity index (χ2v) is 6.24. The molecule has 1 aliphatic rings. The zero-order valence-corrected chi connectivity index (χ0v) is 14.6.